The van der Waals surface area contributed by atoms with Crippen LogP contribution in [-0.2, 0) is 11.2 Å². The molecule has 4 heteroatoms. The number of halogens is 2. The molecule has 0 unspecified atom stereocenters. The van der Waals surface area contributed by atoms with E-state index in [4.69, 9.17) is 5.11 Å². The van der Waals surface area contributed by atoms with Crippen LogP contribution in [0.15, 0.2) is 12.1 Å². The molecule has 0 heterocycles. The number of benzene rings is 1. The van der Waals surface area contributed by atoms with E-state index in [1.807, 2.05) is 0 Å². The molecule has 0 saturated carbocycles. The maximum atomic E-state index is 12.6. The minimum atomic E-state index is -1.05. The number of phenols is 1. The maximum absolute atomic E-state index is 12.6. The molecular formula is C8H6F2O2. The topological polar surface area (TPSA) is 37.3 Å². The van der Waals surface area contributed by atoms with Crippen LogP contribution in [0.1, 0.15) is 5.56 Å². The highest BCUT2D eigenvalue weighted by atomic mass is 19.1. The molecule has 0 radical (unpaired) electrons. The number of carbonyl (C=O) groups excluding carboxylic acids is 1. The van der Waals surface area contributed by atoms with E-state index in [9.17, 15) is 13.6 Å². The molecule has 0 aliphatic heterocycles. The van der Waals surface area contributed by atoms with E-state index in [1.165, 1.54) is 0 Å². The molecule has 0 aromatic heterocycles. The van der Waals surface area contributed by atoms with Crippen molar-refractivity contribution in [3.63, 3.8) is 0 Å². The van der Waals surface area contributed by atoms with Crippen LogP contribution in [0.5, 0.6) is 5.75 Å². The van der Waals surface area contributed by atoms with Crippen LogP contribution in [0.25, 0.3) is 0 Å². The Balaban J connectivity index is 3.17. The Kier molecular flexibility index (Phi) is 2.38. The number of carbonyl (C=O) groups is 1. The molecule has 12 heavy (non-hydrogen) atoms. The Morgan fingerprint density at radius 3 is 2.67 bits per heavy atom. The number of hydrogen-bond acceptors (Lipinski definition) is 2. The van der Waals surface area contributed by atoms with Gasteiger partial charge in [-0.15, -0.1) is 0 Å². The fraction of sp³-hybridized carbons (Fsp3) is 0.125. The van der Waals surface area contributed by atoms with Gasteiger partial charge in [-0.25, -0.2) is 8.78 Å². The van der Waals surface area contributed by atoms with Gasteiger partial charge in [0.1, 0.15) is 12.1 Å². The van der Waals surface area contributed by atoms with Gasteiger partial charge in [-0.1, -0.05) is 0 Å². The summed E-state index contributed by atoms with van der Waals surface area (Å²) in [4.78, 5) is 9.99. The first kappa shape index (κ1) is 8.64. The third-order valence-electron chi connectivity index (χ3n) is 1.41. The number of aldehydes is 1. The van der Waals surface area contributed by atoms with Gasteiger partial charge in [0, 0.05) is 18.1 Å². The lowest BCUT2D eigenvalue weighted by Crippen LogP contribution is -1.91. The molecule has 0 aliphatic rings. The second-order valence-corrected chi connectivity index (χ2v) is 2.27. The van der Waals surface area contributed by atoms with Gasteiger partial charge in [0.25, 0.3) is 0 Å². The summed E-state index contributed by atoms with van der Waals surface area (Å²) in [6, 6.07) is 1.48. The Hall–Kier alpha value is -1.45. The third kappa shape index (κ3) is 1.58. The van der Waals surface area contributed by atoms with Crippen molar-refractivity contribution in [1.29, 1.82) is 0 Å². The van der Waals surface area contributed by atoms with Gasteiger partial charge in [0.15, 0.2) is 11.6 Å². The van der Waals surface area contributed by atoms with Crippen molar-refractivity contribution >= 4 is 6.29 Å². The zero-order chi connectivity index (χ0) is 9.14. The molecule has 1 rings (SSSR count). The van der Waals surface area contributed by atoms with Crippen molar-refractivity contribution in [2.45, 2.75) is 6.42 Å². The molecule has 0 fully saturated rings. The number of aromatic hydroxyl groups is 1. The highest BCUT2D eigenvalue weighted by Crippen LogP contribution is 2.22. The highest BCUT2D eigenvalue weighted by Gasteiger charge is 2.08. The Morgan fingerprint density at radius 1 is 1.42 bits per heavy atom. The summed E-state index contributed by atoms with van der Waals surface area (Å²) < 4.78 is 25.0. The molecule has 0 aliphatic carbocycles. The van der Waals surface area contributed by atoms with E-state index in [-0.39, 0.29) is 12.0 Å². The van der Waals surface area contributed by atoms with E-state index >= 15 is 0 Å². The summed E-state index contributed by atoms with van der Waals surface area (Å²) in [6.07, 6.45) is 0.272. The van der Waals surface area contributed by atoms with Gasteiger partial charge < -0.3 is 9.90 Å². The van der Waals surface area contributed by atoms with Crippen LogP contribution >= 0.6 is 0 Å². The van der Waals surface area contributed by atoms with Crippen LogP contribution in [-0.4, -0.2) is 11.4 Å². The third-order valence-corrected chi connectivity index (χ3v) is 1.41. The molecule has 0 spiro atoms. The maximum Gasteiger partial charge on any atom is 0.168 e. The van der Waals surface area contributed by atoms with Gasteiger partial charge in [-0.3, -0.25) is 0 Å². The SMILES string of the molecule is O=CCc1cc(F)cc(F)c1O. The first-order chi connectivity index (χ1) is 5.65. The molecule has 1 N–H and O–H groups in total. The van der Waals surface area contributed by atoms with E-state index in [2.05, 4.69) is 0 Å². The van der Waals surface area contributed by atoms with E-state index in [0.29, 0.717) is 12.4 Å². The van der Waals surface area contributed by atoms with Crippen LogP contribution < -0.4 is 0 Å². The standard InChI is InChI=1S/C8H6F2O2/c9-6-3-5(1-2-11)8(12)7(10)4-6/h2-4,12H,1H2. The fourth-order valence-corrected chi connectivity index (χ4v) is 0.865. The van der Waals surface area contributed by atoms with E-state index < -0.39 is 17.4 Å². The molecular weight excluding hydrogens is 166 g/mol. The monoisotopic (exact) mass is 172 g/mol. The van der Waals surface area contributed by atoms with Gasteiger partial charge in [-0.05, 0) is 6.07 Å². The van der Waals surface area contributed by atoms with E-state index in [1.54, 1.807) is 0 Å². The minimum Gasteiger partial charge on any atom is -0.505 e. The van der Waals surface area contributed by atoms with Gasteiger partial charge >= 0.3 is 0 Å². The quantitative estimate of drug-likeness (QED) is 0.685. The molecule has 0 amide bonds. The average molecular weight is 172 g/mol. The Morgan fingerprint density at radius 2 is 2.08 bits per heavy atom. The lowest BCUT2D eigenvalue weighted by Gasteiger charge is -2.01. The van der Waals surface area contributed by atoms with Crippen molar-refractivity contribution < 1.29 is 18.7 Å². The van der Waals surface area contributed by atoms with Crippen molar-refractivity contribution in [2.24, 2.45) is 0 Å². The van der Waals surface area contributed by atoms with Gasteiger partial charge in [-0.2, -0.15) is 0 Å². The summed E-state index contributed by atoms with van der Waals surface area (Å²) in [7, 11) is 0. The second kappa shape index (κ2) is 3.30. The van der Waals surface area contributed by atoms with Gasteiger partial charge in [0.2, 0.25) is 0 Å². The van der Waals surface area contributed by atoms with Crippen LogP contribution in [0.3, 0.4) is 0 Å². The van der Waals surface area contributed by atoms with Gasteiger partial charge in [0.05, 0.1) is 0 Å². The predicted molar refractivity (Wildman–Crippen MR) is 37.8 cm³/mol. The first-order valence-corrected chi connectivity index (χ1v) is 3.25. The molecule has 2 nitrogen and oxygen atoms in total. The van der Waals surface area contributed by atoms with E-state index in [0.717, 1.165) is 6.07 Å². The Bertz CT molecular complexity index is 310. The largest absolute Gasteiger partial charge is 0.505 e. The zero-order valence-electron chi connectivity index (χ0n) is 6.05. The average Bonchev–Trinajstić information content (AvgIpc) is 2.00. The lowest BCUT2D eigenvalue weighted by atomic mass is 10.1. The lowest BCUT2D eigenvalue weighted by molar-refractivity contribution is -0.107. The summed E-state index contributed by atoms with van der Waals surface area (Å²) in [5.41, 5.74) is -0.0394. The van der Waals surface area contributed by atoms with Crippen molar-refractivity contribution in [2.75, 3.05) is 0 Å². The molecule has 1 aromatic carbocycles. The number of hydrogen-bond donors (Lipinski definition) is 1. The zero-order valence-corrected chi connectivity index (χ0v) is 6.05. The molecule has 1 aromatic rings. The van der Waals surface area contributed by atoms with Crippen LogP contribution in [0, 0.1) is 11.6 Å². The Labute approximate surface area is 67.4 Å². The molecule has 0 bridgehead atoms. The fourth-order valence-electron chi connectivity index (χ4n) is 0.865. The first-order valence-electron chi connectivity index (χ1n) is 3.25. The summed E-state index contributed by atoms with van der Waals surface area (Å²) in [5.74, 6) is -2.52. The second-order valence-electron chi connectivity index (χ2n) is 2.27. The van der Waals surface area contributed by atoms with Crippen LogP contribution in [0.4, 0.5) is 8.78 Å². The summed E-state index contributed by atoms with van der Waals surface area (Å²) >= 11 is 0. The molecule has 64 valence electrons. The summed E-state index contributed by atoms with van der Waals surface area (Å²) in [6.45, 7) is 0. The summed E-state index contributed by atoms with van der Waals surface area (Å²) in [5, 5.41) is 8.95. The van der Waals surface area contributed by atoms with Crippen molar-refractivity contribution in [3.05, 3.63) is 29.3 Å². The number of phenolic OH excluding ortho intramolecular Hbond substituents is 1. The minimum absolute atomic E-state index is 0.0394. The molecule has 0 atom stereocenters. The van der Waals surface area contributed by atoms with Crippen molar-refractivity contribution in [3.8, 4) is 5.75 Å². The normalized spacial score (nSPS) is 9.83. The predicted octanol–water partition coefficient (Wildman–Crippen LogP) is 1.41. The van der Waals surface area contributed by atoms with Crippen LogP contribution in [0.2, 0.25) is 0 Å². The molecule has 0 saturated heterocycles. The highest BCUT2D eigenvalue weighted by molar-refractivity contribution is 5.57. The number of rotatable bonds is 2. The van der Waals surface area contributed by atoms with Crippen molar-refractivity contribution in [1.82, 2.24) is 0 Å². The smallest absolute Gasteiger partial charge is 0.168 e.